The van der Waals surface area contributed by atoms with E-state index in [1.807, 2.05) is 0 Å². The molecule has 0 unspecified atom stereocenters. The summed E-state index contributed by atoms with van der Waals surface area (Å²) >= 11 is 0. The maximum Gasteiger partial charge on any atom is -0.0311 e. The zero-order valence-corrected chi connectivity index (χ0v) is 8.28. The fraction of sp³-hybridized carbons (Fsp3) is 0.636. The van der Waals surface area contributed by atoms with Gasteiger partial charge in [-0.1, -0.05) is 43.6 Å². The van der Waals surface area contributed by atoms with Gasteiger partial charge in [-0.15, -0.1) is 0 Å². The molecule has 0 aliphatic carbocycles. The van der Waals surface area contributed by atoms with Crippen molar-refractivity contribution in [2.45, 2.75) is 47.0 Å². The van der Waals surface area contributed by atoms with Crippen molar-refractivity contribution in [1.82, 2.24) is 0 Å². The summed E-state index contributed by atoms with van der Waals surface area (Å²) < 4.78 is 0. The first kappa shape index (κ1) is 10.5. The maximum absolute atomic E-state index is 2.31. The standard InChI is InChI=1S/C11H20/c1-5-8-10(4)9-11(6-2)7-3/h6,9H,5,7-8H2,1-4H3. The summed E-state index contributed by atoms with van der Waals surface area (Å²) in [6.07, 6.45) is 8.14. The van der Waals surface area contributed by atoms with Crippen molar-refractivity contribution in [2.24, 2.45) is 0 Å². The Hall–Kier alpha value is -0.520. The molecule has 0 aromatic rings. The molecule has 11 heavy (non-hydrogen) atoms. The van der Waals surface area contributed by atoms with Gasteiger partial charge in [0.05, 0.1) is 0 Å². The SMILES string of the molecule is CC=C(C=C(C)CCC)CC. The van der Waals surface area contributed by atoms with Gasteiger partial charge < -0.3 is 0 Å². The normalized spacial score (nSPS) is 13.8. The van der Waals surface area contributed by atoms with Crippen LogP contribution >= 0.6 is 0 Å². The summed E-state index contributed by atoms with van der Waals surface area (Å²) in [4.78, 5) is 0. The Labute approximate surface area is 71.0 Å². The number of hydrogen-bond acceptors (Lipinski definition) is 0. The van der Waals surface area contributed by atoms with E-state index in [1.54, 1.807) is 0 Å². The zero-order valence-electron chi connectivity index (χ0n) is 8.28. The lowest BCUT2D eigenvalue weighted by molar-refractivity contribution is 0.901. The molecule has 0 nitrogen and oxygen atoms in total. The third-order valence-corrected chi connectivity index (χ3v) is 1.86. The third kappa shape index (κ3) is 4.83. The summed E-state index contributed by atoms with van der Waals surface area (Å²) in [6, 6.07) is 0. The van der Waals surface area contributed by atoms with E-state index in [1.165, 1.54) is 24.0 Å². The van der Waals surface area contributed by atoms with Gasteiger partial charge in [-0.2, -0.15) is 0 Å². The van der Waals surface area contributed by atoms with Crippen LogP contribution in [-0.2, 0) is 0 Å². The van der Waals surface area contributed by atoms with Crippen molar-refractivity contribution >= 4 is 0 Å². The summed E-state index contributed by atoms with van der Waals surface area (Å²) in [5.41, 5.74) is 2.96. The Morgan fingerprint density at radius 3 is 2.27 bits per heavy atom. The predicted molar refractivity (Wildman–Crippen MR) is 52.7 cm³/mol. The molecule has 64 valence electrons. The number of rotatable bonds is 4. The minimum Gasteiger partial charge on any atom is -0.0845 e. The zero-order chi connectivity index (χ0) is 8.69. The van der Waals surface area contributed by atoms with Crippen LogP contribution in [0.25, 0.3) is 0 Å². The smallest absolute Gasteiger partial charge is 0.0311 e. The molecule has 0 saturated heterocycles. The van der Waals surface area contributed by atoms with E-state index >= 15 is 0 Å². The molecule has 0 aliphatic heterocycles. The second-order valence-corrected chi connectivity index (χ2v) is 2.96. The second-order valence-electron chi connectivity index (χ2n) is 2.96. The Morgan fingerprint density at radius 1 is 1.27 bits per heavy atom. The van der Waals surface area contributed by atoms with Crippen molar-refractivity contribution < 1.29 is 0 Å². The third-order valence-electron chi connectivity index (χ3n) is 1.86. The minimum atomic E-state index is 1.15. The molecule has 0 spiro atoms. The highest BCUT2D eigenvalue weighted by molar-refractivity contribution is 5.21. The van der Waals surface area contributed by atoms with Crippen LogP contribution in [0.2, 0.25) is 0 Å². The molecule has 0 aromatic carbocycles. The summed E-state index contributed by atoms with van der Waals surface area (Å²) in [5, 5.41) is 0. The van der Waals surface area contributed by atoms with E-state index in [-0.39, 0.29) is 0 Å². The molecule has 0 aromatic heterocycles. The van der Waals surface area contributed by atoms with E-state index in [9.17, 15) is 0 Å². The Bertz CT molecular complexity index is 149. The van der Waals surface area contributed by atoms with Crippen molar-refractivity contribution in [3.63, 3.8) is 0 Å². The first-order chi connectivity index (χ1) is 5.24. The molecule has 0 amide bonds. The highest BCUT2D eigenvalue weighted by atomic mass is 14.0. The van der Waals surface area contributed by atoms with Crippen LogP contribution in [0.4, 0.5) is 0 Å². The van der Waals surface area contributed by atoms with Gasteiger partial charge >= 0.3 is 0 Å². The maximum atomic E-state index is 2.31. The Balaban J connectivity index is 4.04. The average molecular weight is 152 g/mol. The van der Waals surface area contributed by atoms with Gasteiger partial charge in [-0.25, -0.2) is 0 Å². The molecule has 0 bridgehead atoms. The molecule has 0 fully saturated rings. The van der Waals surface area contributed by atoms with Gasteiger partial charge in [0.15, 0.2) is 0 Å². The van der Waals surface area contributed by atoms with E-state index in [2.05, 4.69) is 39.8 Å². The van der Waals surface area contributed by atoms with Gasteiger partial charge in [0.2, 0.25) is 0 Å². The van der Waals surface area contributed by atoms with E-state index in [0.29, 0.717) is 0 Å². The molecule has 0 heterocycles. The van der Waals surface area contributed by atoms with Crippen molar-refractivity contribution in [1.29, 1.82) is 0 Å². The quantitative estimate of drug-likeness (QED) is 0.532. The average Bonchev–Trinajstić information content (AvgIpc) is 2.01. The van der Waals surface area contributed by atoms with Crippen LogP contribution in [0.5, 0.6) is 0 Å². The molecule has 0 radical (unpaired) electrons. The highest BCUT2D eigenvalue weighted by Crippen LogP contribution is 2.10. The molecule has 0 rings (SSSR count). The first-order valence-corrected chi connectivity index (χ1v) is 4.56. The molecule has 0 aliphatic rings. The van der Waals surface area contributed by atoms with Gasteiger partial charge in [0, 0.05) is 0 Å². The molecule has 0 N–H and O–H groups in total. The second kappa shape index (κ2) is 6.21. The van der Waals surface area contributed by atoms with Gasteiger partial charge in [0.25, 0.3) is 0 Å². The lowest BCUT2D eigenvalue weighted by Crippen LogP contribution is -1.79. The summed E-state index contributed by atoms with van der Waals surface area (Å²) in [5.74, 6) is 0. The van der Waals surface area contributed by atoms with Gasteiger partial charge in [-0.3, -0.25) is 0 Å². The van der Waals surface area contributed by atoms with Crippen LogP contribution in [0, 0.1) is 0 Å². The lowest BCUT2D eigenvalue weighted by Gasteiger charge is -1.99. The fourth-order valence-electron chi connectivity index (χ4n) is 1.17. The van der Waals surface area contributed by atoms with Crippen LogP contribution in [0.15, 0.2) is 23.3 Å². The van der Waals surface area contributed by atoms with Gasteiger partial charge in [-0.05, 0) is 26.7 Å². The predicted octanol–water partition coefficient (Wildman–Crippen LogP) is 4.09. The van der Waals surface area contributed by atoms with Gasteiger partial charge in [0.1, 0.15) is 0 Å². The minimum absolute atomic E-state index is 1.15. The lowest BCUT2D eigenvalue weighted by atomic mass is 10.1. The van der Waals surface area contributed by atoms with Crippen LogP contribution in [-0.4, -0.2) is 0 Å². The van der Waals surface area contributed by atoms with E-state index < -0.39 is 0 Å². The molecule has 0 heteroatoms. The number of hydrogen-bond donors (Lipinski definition) is 0. The topological polar surface area (TPSA) is 0 Å². The number of allylic oxidation sites excluding steroid dienone is 4. The first-order valence-electron chi connectivity index (χ1n) is 4.56. The van der Waals surface area contributed by atoms with Crippen molar-refractivity contribution in [3.8, 4) is 0 Å². The molecular formula is C11H20. The van der Waals surface area contributed by atoms with Crippen LogP contribution < -0.4 is 0 Å². The Morgan fingerprint density at radius 2 is 1.91 bits per heavy atom. The molecule has 0 atom stereocenters. The molecule has 0 saturated carbocycles. The summed E-state index contributed by atoms with van der Waals surface area (Å²) in [7, 11) is 0. The monoisotopic (exact) mass is 152 g/mol. The van der Waals surface area contributed by atoms with Crippen LogP contribution in [0.1, 0.15) is 47.0 Å². The highest BCUT2D eigenvalue weighted by Gasteiger charge is 1.89. The largest absolute Gasteiger partial charge is 0.0845 e. The van der Waals surface area contributed by atoms with E-state index in [4.69, 9.17) is 0 Å². The molecular weight excluding hydrogens is 132 g/mol. The van der Waals surface area contributed by atoms with Crippen LogP contribution in [0.3, 0.4) is 0 Å². The Kier molecular flexibility index (Phi) is 5.91. The van der Waals surface area contributed by atoms with Crippen molar-refractivity contribution in [2.75, 3.05) is 0 Å². The van der Waals surface area contributed by atoms with E-state index in [0.717, 1.165) is 6.42 Å². The van der Waals surface area contributed by atoms with Crippen molar-refractivity contribution in [3.05, 3.63) is 23.3 Å². The summed E-state index contributed by atoms with van der Waals surface area (Å²) in [6.45, 7) is 8.74. The fourth-order valence-corrected chi connectivity index (χ4v) is 1.17.